The molecule has 0 bridgehead atoms. The van der Waals surface area contributed by atoms with Crippen LogP contribution in [0.1, 0.15) is 0 Å². The highest BCUT2D eigenvalue weighted by molar-refractivity contribution is 8.76. The molecule has 0 aliphatic carbocycles. The number of thioether (sulfide) groups is 2. The molecule has 2 aromatic rings. The summed E-state index contributed by atoms with van der Waals surface area (Å²) in [5, 5.41) is 18.5. The monoisotopic (exact) mass is 466 g/mol. The smallest absolute Gasteiger partial charge is 0.313 e. The molecule has 0 aromatic heterocycles. The van der Waals surface area contributed by atoms with Crippen LogP contribution >= 0.6 is 68.3 Å². The zero-order valence-electron chi connectivity index (χ0n) is 13.0. The van der Waals surface area contributed by atoms with E-state index in [1.165, 1.54) is 45.1 Å². The van der Waals surface area contributed by atoms with Crippen LogP contribution in [-0.2, 0) is 9.59 Å². The molecule has 10 heteroatoms. The van der Waals surface area contributed by atoms with Crippen molar-refractivity contribution in [1.29, 1.82) is 0 Å². The fourth-order valence-electron chi connectivity index (χ4n) is 1.68. The van der Waals surface area contributed by atoms with Gasteiger partial charge < -0.3 is 10.2 Å². The lowest BCUT2D eigenvalue weighted by atomic mass is 10.4. The van der Waals surface area contributed by atoms with Crippen molar-refractivity contribution in [3.05, 3.63) is 46.4 Å². The quantitative estimate of drug-likeness (QED) is 0.336. The second-order valence-corrected chi connectivity index (χ2v) is 9.84. The summed E-state index contributed by atoms with van der Waals surface area (Å²) < 4.78 is 0. The van der Waals surface area contributed by atoms with Gasteiger partial charge in [-0.15, -0.1) is 23.5 Å². The van der Waals surface area contributed by atoms with E-state index in [0.29, 0.717) is 10.0 Å². The molecule has 0 atom stereocenters. The normalized spacial score (nSPS) is 10.7. The Bertz CT molecular complexity index is 749. The number of hydrogen-bond acceptors (Lipinski definition) is 6. The van der Waals surface area contributed by atoms with Gasteiger partial charge in [-0.25, -0.2) is 0 Å². The topological polar surface area (TPSA) is 74.6 Å². The SMILES string of the molecule is O=C(O)CSc1ccc(SSc2ccc(SCC(=O)O)c(Cl)c2)cc1Cl. The molecule has 0 fully saturated rings. The van der Waals surface area contributed by atoms with Gasteiger partial charge in [-0.3, -0.25) is 9.59 Å². The minimum atomic E-state index is -0.887. The van der Waals surface area contributed by atoms with Gasteiger partial charge >= 0.3 is 11.9 Å². The molecule has 4 nitrogen and oxygen atoms in total. The fraction of sp³-hybridized carbons (Fsp3) is 0.125. The standard InChI is InChI=1S/C16H12Cl2O4S4/c17-11-5-9(1-3-13(11)23-7-15(19)20)25-26-10-2-4-14(12(18)6-10)24-8-16(21)22/h1-6H,7-8H2,(H,19,20)(H,21,22). The van der Waals surface area contributed by atoms with Crippen LogP contribution in [0.25, 0.3) is 0 Å². The van der Waals surface area contributed by atoms with Crippen LogP contribution < -0.4 is 0 Å². The zero-order chi connectivity index (χ0) is 19.1. The molecular weight excluding hydrogens is 455 g/mol. The highest BCUT2D eigenvalue weighted by atomic mass is 35.5. The first-order valence-electron chi connectivity index (χ1n) is 6.98. The number of carboxylic acids is 2. The predicted octanol–water partition coefficient (Wildman–Crippen LogP) is 6.15. The van der Waals surface area contributed by atoms with Crippen molar-refractivity contribution in [2.24, 2.45) is 0 Å². The van der Waals surface area contributed by atoms with Crippen LogP contribution in [0, 0.1) is 0 Å². The highest BCUT2D eigenvalue weighted by Crippen LogP contribution is 2.41. The third-order valence-electron chi connectivity index (χ3n) is 2.74. The van der Waals surface area contributed by atoms with Crippen molar-refractivity contribution >= 4 is 80.3 Å². The Morgan fingerprint density at radius 1 is 0.769 bits per heavy atom. The second kappa shape index (κ2) is 10.6. The summed E-state index contributed by atoms with van der Waals surface area (Å²) >= 11 is 14.7. The maximum atomic E-state index is 10.6. The summed E-state index contributed by atoms with van der Waals surface area (Å²) in [6.45, 7) is 0. The molecule has 2 rings (SSSR count). The van der Waals surface area contributed by atoms with Crippen molar-refractivity contribution in [3.8, 4) is 0 Å². The minimum absolute atomic E-state index is 0.0360. The van der Waals surface area contributed by atoms with Gasteiger partial charge in [0, 0.05) is 19.6 Å². The molecule has 138 valence electrons. The van der Waals surface area contributed by atoms with Crippen molar-refractivity contribution < 1.29 is 19.8 Å². The molecule has 2 N–H and O–H groups in total. The number of carboxylic acid groups (broad SMARTS) is 2. The molecule has 0 unspecified atom stereocenters. The van der Waals surface area contributed by atoms with Gasteiger partial charge in [0.15, 0.2) is 0 Å². The van der Waals surface area contributed by atoms with E-state index >= 15 is 0 Å². The Kier molecular flexibility index (Phi) is 8.86. The van der Waals surface area contributed by atoms with Crippen LogP contribution in [0.4, 0.5) is 0 Å². The zero-order valence-corrected chi connectivity index (χ0v) is 17.8. The number of hydrogen-bond donors (Lipinski definition) is 2. The van der Waals surface area contributed by atoms with Gasteiger partial charge in [-0.05, 0) is 36.4 Å². The first-order valence-corrected chi connectivity index (χ1v) is 11.9. The van der Waals surface area contributed by atoms with Gasteiger partial charge in [0.25, 0.3) is 0 Å². The number of aliphatic carboxylic acids is 2. The minimum Gasteiger partial charge on any atom is -0.481 e. The first kappa shape index (κ1) is 21.7. The lowest BCUT2D eigenvalue weighted by Gasteiger charge is -2.07. The van der Waals surface area contributed by atoms with Crippen LogP contribution in [0.15, 0.2) is 56.0 Å². The third kappa shape index (κ3) is 7.17. The summed E-state index contributed by atoms with van der Waals surface area (Å²) in [5.41, 5.74) is 0. The first-order chi connectivity index (χ1) is 12.3. The van der Waals surface area contributed by atoms with Crippen LogP contribution in [0.5, 0.6) is 0 Å². The lowest BCUT2D eigenvalue weighted by Crippen LogP contribution is -1.97. The number of benzene rings is 2. The Morgan fingerprint density at radius 3 is 1.46 bits per heavy atom. The molecule has 0 saturated carbocycles. The van der Waals surface area contributed by atoms with E-state index in [2.05, 4.69) is 0 Å². The van der Waals surface area contributed by atoms with Gasteiger partial charge in [-0.1, -0.05) is 44.8 Å². The second-order valence-electron chi connectivity index (χ2n) is 4.72. The van der Waals surface area contributed by atoms with E-state index in [4.69, 9.17) is 33.4 Å². The highest BCUT2D eigenvalue weighted by Gasteiger charge is 2.09. The van der Waals surface area contributed by atoms with Gasteiger partial charge in [-0.2, -0.15) is 0 Å². The molecule has 0 saturated heterocycles. The summed E-state index contributed by atoms with van der Waals surface area (Å²) in [5.74, 6) is -1.85. The van der Waals surface area contributed by atoms with E-state index in [1.807, 2.05) is 12.1 Å². The third-order valence-corrected chi connectivity index (χ3v) is 8.09. The van der Waals surface area contributed by atoms with Crippen LogP contribution in [-0.4, -0.2) is 33.7 Å². The van der Waals surface area contributed by atoms with Gasteiger partial charge in [0.1, 0.15) is 0 Å². The van der Waals surface area contributed by atoms with Crippen molar-refractivity contribution in [2.45, 2.75) is 19.6 Å². The molecular formula is C16H12Cl2O4S4. The fourth-order valence-corrected chi connectivity index (χ4v) is 5.74. The molecule has 0 aliphatic heterocycles. The average molecular weight is 467 g/mol. The maximum absolute atomic E-state index is 10.6. The maximum Gasteiger partial charge on any atom is 0.313 e. The number of rotatable bonds is 9. The molecule has 0 radical (unpaired) electrons. The predicted molar refractivity (Wildman–Crippen MR) is 111 cm³/mol. The largest absolute Gasteiger partial charge is 0.481 e. The van der Waals surface area contributed by atoms with Crippen molar-refractivity contribution in [2.75, 3.05) is 11.5 Å². The Balaban J connectivity index is 1.96. The van der Waals surface area contributed by atoms with Crippen molar-refractivity contribution in [1.82, 2.24) is 0 Å². The molecule has 0 spiro atoms. The van der Waals surface area contributed by atoms with Crippen LogP contribution in [0.2, 0.25) is 10.0 Å². The van der Waals surface area contributed by atoms with E-state index in [0.717, 1.165) is 19.6 Å². The molecule has 0 aliphatic rings. The Labute approximate surface area is 176 Å². The Hall–Kier alpha value is -0.640. The average Bonchev–Trinajstić information content (AvgIpc) is 2.58. The molecule has 2 aromatic carbocycles. The number of halogens is 2. The summed E-state index contributed by atoms with van der Waals surface area (Å²) in [7, 11) is 3.00. The van der Waals surface area contributed by atoms with Crippen molar-refractivity contribution in [3.63, 3.8) is 0 Å². The summed E-state index contributed by atoms with van der Waals surface area (Å²) in [6.07, 6.45) is 0. The Morgan fingerprint density at radius 2 is 1.15 bits per heavy atom. The van der Waals surface area contributed by atoms with E-state index < -0.39 is 11.9 Å². The number of carbonyl (C=O) groups is 2. The van der Waals surface area contributed by atoms with Crippen LogP contribution in [0.3, 0.4) is 0 Å². The summed E-state index contributed by atoms with van der Waals surface area (Å²) in [4.78, 5) is 24.6. The van der Waals surface area contributed by atoms with E-state index in [9.17, 15) is 9.59 Å². The molecule has 0 heterocycles. The van der Waals surface area contributed by atoms with Gasteiger partial charge in [0.05, 0.1) is 21.6 Å². The molecule has 26 heavy (non-hydrogen) atoms. The van der Waals surface area contributed by atoms with Gasteiger partial charge in [0.2, 0.25) is 0 Å². The van der Waals surface area contributed by atoms with E-state index in [1.54, 1.807) is 24.3 Å². The lowest BCUT2D eigenvalue weighted by molar-refractivity contribution is -0.134. The van der Waals surface area contributed by atoms with E-state index in [-0.39, 0.29) is 11.5 Å². The summed E-state index contributed by atoms with van der Waals surface area (Å²) in [6, 6.07) is 11.0. The molecule has 0 amide bonds.